The second kappa shape index (κ2) is 10.5. The van der Waals surface area contributed by atoms with E-state index in [9.17, 15) is 9.59 Å². The molecular weight excluding hydrogens is 458 g/mol. The normalized spacial score (nSPS) is 14.5. The Morgan fingerprint density at radius 1 is 1.12 bits per heavy atom. The lowest BCUT2D eigenvalue weighted by Crippen LogP contribution is -2.25. The van der Waals surface area contributed by atoms with Crippen molar-refractivity contribution in [3.8, 4) is 17.2 Å². The SMILES string of the molecule is Cc1ccc(CCNC(=O)c2ccc(Oc3cc4c(cc3Cl)C(OC(=O)O)CCO4)cc2)cc1. The van der Waals surface area contributed by atoms with Gasteiger partial charge in [-0.15, -0.1) is 0 Å². The first-order valence-electron chi connectivity index (χ1n) is 10.9. The van der Waals surface area contributed by atoms with Gasteiger partial charge in [0.05, 0.1) is 11.6 Å². The van der Waals surface area contributed by atoms with E-state index in [1.54, 1.807) is 36.4 Å². The van der Waals surface area contributed by atoms with Gasteiger partial charge in [-0.3, -0.25) is 4.79 Å². The number of aryl methyl sites for hydroxylation is 1. The smallest absolute Gasteiger partial charge is 0.493 e. The number of fused-ring (bicyclic) bond motifs is 1. The van der Waals surface area contributed by atoms with Crippen molar-refractivity contribution in [1.29, 1.82) is 0 Å². The topological polar surface area (TPSA) is 94.1 Å². The number of carbonyl (C=O) groups excluding carboxylic acids is 1. The van der Waals surface area contributed by atoms with Gasteiger partial charge < -0.3 is 24.6 Å². The van der Waals surface area contributed by atoms with Crippen LogP contribution in [0.15, 0.2) is 60.7 Å². The van der Waals surface area contributed by atoms with Crippen LogP contribution in [0.5, 0.6) is 17.2 Å². The molecule has 0 aliphatic carbocycles. The minimum absolute atomic E-state index is 0.164. The second-order valence-electron chi connectivity index (χ2n) is 7.95. The number of hydrogen-bond acceptors (Lipinski definition) is 5. The van der Waals surface area contributed by atoms with Gasteiger partial charge in [0, 0.05) is 30.2 Å². The fraction of sp³-hybridized carbons (Fsp3) is 0.231. The first-order chi connectivity index (χ1) is 16.4. The van der Waals surface area contributed by atoms with Crippen molar-refractivity contribution in [2.75, 3.05) is 13.2 Å². The Morgan fingerprint density at radius 2 is 1.85 bits per heavy atom. The lowest BCUT2D eigenvalue weighted by molar-refractivity contribution is 0.0326. The molecule has 3 aromatic rings. The molecule has 0 bridgehead atoms. The molecule has 0 fully saturated rings. The van der Waals surface area contributed by atoms with Crippen LogP contribution in [0, 0.1) is 6.92 Å². The van der Waals surface area contributed by atoms with E-state index < -0.39 is 12.3 Å². The van der Waals surface area contributed by atoms with Crippen molar-refractivity contribution in [3.05, 3.63) is 87.9 Å². The Hall–Kier alpha value is -3.71. The Balaban J connectivity index is 1.37. The van der Waals surface area contributed by atoms with Crippen molar-refractivity contribution < 1.29 is 28.9 Å². The highest BCUT2D eigenvalue weighted by Crippen LogP contribution is 2.42. The molecule has 0 spiro atoms. The third kappa shape index (κ3) is 5.80. The summed E-state index contributed by atoms with van der Waals surface area (Å²) in [5.74, 6) is 1.14. The maximum Gasteiger partial charge on any atom is 0.506 e. The summed E-state index contributed by atoms with van der Waals surface area (Å²) in [5, 5.41) is 12.1. The average Bonchev–Trinajstić information content (AvgIpc) is 2.81. The molecule has 1 aliphatic heterocycles. The summed E-state index contributed by atoms with van der Waals surface area (Å²) < 4.78 is 16.4. The highest BCUT2D eigenvalue weighted by atomic mass is 35.5. The van der Waals surface area contributed by atoms with Gasteiger partial charge in [-0.1, -0.05) is 41.4 Å². The molecule has 0 aromatic heterocycles. The molecule has 1 heterocycles. The van der Waals surface area contributed by atoms with Gasteiger partial charge in [0.15, 0.2) is 0 Å². The van der Waals surface area contributed by atoms with E-state index in [1.807, 2.05) is 6.92 Å². The van der Waals surface area contributed by atoms with Gasteiger partial charge in [-0.25, -0.2) is 4.79 Å². The van der Waals surface area contributed by atoms with Crippen LogP contribution in [0.25, 0.3) is 0 Å². The molecule has 1 unspecified atom stereocenters. The number of carbonyl (C=O) groups is 2. The zero-order chi connectivity index (χ0) is 24.1. The van der Waals surface area contributed by atoms with Crippen molar-refractivity contribution in [2.24, 2.45) is 0 Å². The van der Waals surface area contributed by atoms with Gasteiger partial charge in [-0.2, -0.15) is 0 Å². The van der Waals surface area contributed by atoms with Crippen LogP contribution in [-0.2, 0) is 11.2 Å². The van der Waals surface area contributed by atoms with E-state index in [4.69, 9.17) is 30.9 Å². The molecule has 1 aliphatic rings. The molecule has 7 nitrogen and oxygen atoms in total. The predicted octanol–water partition coefficient (Wildman–Crippen LogP) is 5.93. The Bertz CT molecular complexity index is 1180. The van der Waals surface area contributed by atoms with E-state index in [1.165, 1.54) is 11.1 Å². The molecule has 0 saturated carbocycles. The number of nitrogens with one attached hydrogen (secondary N) is 1. The quantitative estimate of drug-likeness (QED) is 0.406. The summed E-state index contributed by atoms with van der Waals surface area (Å²) in [6.45, 7) is 2.90. The molecule has 0 saturated heterocycles. The van der Waals surface area contributed by atoms with Gasteiger partial charge in [0.25, 0.3) is 5.91 Å². The Labute approximate surface area is 202 Å². The van der Waals surface area contributed by atoms with Gasteiger partial charge in [0.1, 0.15) is 23.4 Å². The van der Waals surface area contributed by atoms with Gasteiger partial charge in [0.2, 0.25) is 0 Å². The third-order valence-corrected chi connectivity index (χ3v) is 5.75. The minimum Gasteiger partial charge on any atom is -0.493 e. The van der Waals surface area contributed by atoms with Crippen LogP contribution in [0.3, 0.4) is 0 Å². The molecule has 0 radical (unpaired) electrons. The Morgan fingerprint density at radius 3 is 2.56 bits per heavy atom. The largest absolute Gasteiger partial charge is 0.506 e. The monoisotopic (exact) mass is 481 g/mol. The molecular formula is C26H24ClNO6. The number of halogens is 1. The van der Waals surface area contributed by atoms with E-state index in [0.717, 1.165) is 6.42 Å². The predicted molar refractivity (Wildman–Crippen MR) is 127 cm³/mol. The standard InChI is InChI=1S/C26H24ClNO6/c1-16-2-4-17(5-3-16)10-12-28-25(29)18-6-8-19(9-7-18)33-24-15-23-20(14-21(24)27)22(11-13-32-23)34-26(30)31/h2-9,14-15,22H,10-13H2,1H3,(H,28,29)(H,30,31). The summed E-state index contributed by atoms with van der Waals surface area (Å²) >= 11 is 6.36. The van der Waals surface area contributed by atoms with Crippen LogP contribution in [0.4, 0.5) is 4.79 Å². The minimum atomic E-state index is -1.35. The highest BCUT2D eigenvalue weighted by Gasteiger charge is 2.27. The number of rotatable bonds is 7. The first kappa shape index (κ1) is 23.4. The van der Waals surface area contributed by atoms with Crippen LogP contribution in [0.1, 0.15) is 39.6 Å². The van der Waals surface area contributed by atoms with Crippen molar-refractivity contribution in [1.82, 2.24) is 5.32 Å². The molecule has 3 aromatic carbocycles. The van der Waals surface area contributed by atoms with Crippen LogP contribution < -0.4 is 14.8 Å². The van der Waals surface area contributed by atoms with Gasteiger partial charge >= 0.3 is 6.16 Å². The molecule has 34 heavy (non-hydrogen) atoms. The molecule has 2 N–H and O–H groups in total. The fourth-order valence-corrected chi connectivity index (χ4v) is 3.87. The number of amides is 1. The molecule has 1 amide bonds. The third-order valence-electron chi connectivity index (χ3n) is 5.46. The highest BCUT2D eigenvalue weighted by molar-refractivity contribution is 6.32. The number of benzene rings is 3. The van der Waals surface area contributed by atoms with Crippen molar-refractivity contribution in [3.63, 3.8) is 0 Å². The Kier molecular flexibility index (Phi) is 7.23. The van der Waals surface area contributed by atoms with E-state index in [2.05, 4.69) is 29.6 Å². The van der Waals surface area contributed by atoms with Crippen LogP contribution in [-0.4, -0.2) is 30.3 Å². The lowest BCUT2D eigenvalue weighted by Gasteiger charge is -2.25. The second-order valence-corrected chi connectivity index (χ2v) is 8.36. The maximum absolute atomic E-state index is 12.4. The fourth-order valence-electron chi connectivity index (χ4n) is 3.66. The summed E-state index contributed by atoms with van der Waals surface area (Å²) in [4.78, 5) is 23.4. The first-order valence-corrected chi connectivity index (χ1v) is 11.2. The maximum atomic E-state index is 12.4. The van der Waals surface area contributed by atoms with Crippen LogP contribution >= 0.6 is 11.6 Å². The summed E-state index contributed by atoms with van der Waals surface area (Å²) in [7, 11) is 0. The zero-order valence-corrected chi connectivity index (χ0v) is 19.3. The molecule has 4 rings (SSSR count). The van der Waals surface area contributed by atoms with E-state index in [0.29, 0.717) is 53.0 Å². The summed E-state index contributed by atoms with van der Waals surface area (Å²) in [5.41, 5.74) is 3.45. The number of carboxylic acid groups (broad SMARTS) is 1. The van der Waals surface area contributed by atoms with Crippen molar-refractivity contribution in [2.45, 2.75) is 25.9 Å². The number of hydrogen-bond donors (Lipinski definition) is 2. The van der Waals surface area contributed by atoms with Crippen molar-refractivity contribution >= 4 is 23.7 Å². The average molecular weight is 482 g/mol. The zero-order valence-electron chi connectivity index (χ0n) is 18.5. The number of ether oxygens (including phenoxy) is 3. The lowest BCUT2D eigenvalue weighted by atomic mass is 10.0. The van der Waals surface area contributed by atoms with E-state index >= 15 is 0 Å². The van der Waals surface area contributed by atoms with E-state index in [-0.39, 0.29) is 5.91 Å². The molecule has 1 atom stereocenters. The molecule has 176 valence electrons. The van der Waals surface area contributed by atoms with Crippen LogP contribution in [0.2, 0.25) is 5.02 Å². The summed E-state index contributed by atoms with van der Waals surface area (Å²) in [6.07, 6.45) is -0.834. The van der Waals surface area contributed by atoms with Gasteiger partial charge in [-0.05, 0) is 49.2 Å². The summed E-state index contributed by atoms with van der Waals surface area (Å²) in [6, 6.07) is 18.1. The molecule has 8 heteroatoms.